The largest absolute Gasteiger partial charge is 0.319 e. The van der Waals surface area contributed by atoms with Crippen LogP contribution in [0, 0.1) is 19.8 Å². The number of sulfonamides is 1. The molecule has 1 aliphatic rings. The minimum Gasteiger partial charge on any atom is -0.319 e. The third-order valence-electron chi connectivity index (χ3n) is 5.82. The molecule has 1 aliphatic heterocycles. The fourth-order valence-corrected chi connectivity index (χ4v) is 6.60. The van der Waals surface area contributed by atoms with Gasteiger partial charge in [-0.1, -0.05) is 40.6 Å². The summed E-state index contributed by atoms with van der Waals surface area (Å²) in [4.78, 5) is 18.1. The number of benzene rings is 2. The first-order valence-corrected chi connectivity index (χ1v) is 12.7. The number of nitrogens with zero attached hydrogens (tertiary/aromatic N) is 3. The highest BCUT2D eigenvalue weighted by Gasteiger charge is 2.32. The minimum atomic E-state index is -3.54. The van der Waals surface area contributed by atoms with E-state index in [4.69, 9.17) is 11.6 Å². The van der Waals surface area contributed by atoms with Crippen LogP contribution >= 0.6 is 22.9 Å². The highest BCUT2D eigenvalue weighted by molar-refractivity contribution is 7.89. The number of hydrogen-bond donors (Lipinski definition) is 0. The number of amides is 1. The molecule has 0 bridgehead atoms. The van der Waals surface area contributed by atoms with E-state index in [1.54, 1.807) is 24.3 Å². The lowest BCUT2D eigenvalue weighted by atomic mass is 9.98. The molecule has 164 valence electrons. The molecule has 6 nitrogen and oxygen atoms in total. The number of fused-ring (bicyclic) bond motifs is 1. The molecule has 2 aromatic carbocycles. The molecule has 1 saturated heterocycles. The van der Waals surface area contributed by atoms with Crippen LogP contribution in [-0.2, 0) is 21.9 Å². The molecule has 0 spiro atoms. The second-order valence-electron chi connectivity index (χ2n) is 7.90. The van der Waals surface area contributed by atoms with Gasteiger partial charge in [0.2, 0.25) is 10.0 Å². The lowest BCUT2D eigenvalue weighted by molar-refractivity contribution is -0.122. The third kappa shape index (κ3) is 4.22. The molecule has 1 amide bonds. The van der Waals surface area contributed by atoms with Gasteiger partial charge < -0.3 is 4.57 Å². The van der Waals surface area contributed by atoms with Crippen LogP contribution < -0.4 is 4.80 Å². The Bertz CT molecular complexity index is 1320. The Morgan fingerprint density at radius 2 is 1.74 bits per heavy atom. The predicted octanol–water partition coefficient (Wildman–Crippen LogP) is 4.04. The van der Waals surface area contributed by atoms with Crippen LogP contribution in [0.15, 0.2) is 46.3 Å². The van der Waals surface area contributed by atoms with Crippen molar-refractivity contribution in [2.75, 3.05) is 13.1 Å². The standard InChI is InChI=1S/C22H24ClN3O3S2/c1-14-4-6-17(7-5-14)31(28,29)26-12-10-16(11-13-26)21(27)24-22-25(3)20-15(2)18(23)8-9-19(20)30-22/h4-9,16H,10-13H2,1-3H3. The van der Waals surface area contributed by atoms with Crippen molar-refractivity contribution in [3.8, 4) is 0 Å². The van der Waals surface area contributed by atoms with E-state index in [9.17, 15) is 13.2 Å². The topological polar surface area (TPSA) is 71.7 Å². The summed E-state index contributed by atoms with van der Waals surface area (Å²) in [6.45, 7) is 4.50. The molecule has 1 fully saturated rings. The van der Waals surface area contributed by atoms with Gasteiger partial charge in [0.05, 0.1) is 15.1 Å². The summed E-state index contributed by atoms with van der Waals surface area (Å²) in [6.07, 6.45) is 0.930. The maximum atomic E-state index is 12.9. The fourth-order valence-electron chi connectivity index (χ4n) is 3.90. The van der Waals surface area contributed by atoms with Crippen LogP contribution in [-0.4, -0.2) is 36.3 Å². The minimum absolute atomic E-state index is 0.196. The maximum Gasteiger partial charge on any atom is 0.251 e. The smallest absolute Gasteiger partial charge is 0.251 e. The summed E-state index contributed by atoms with van der Waals surface area (Å²) < 4.78 is 30.1. The van der Waals surface area contributed by atoms with E-state index >= 15 is 0 Å². The summed E-state index contributed by atoms with van der Waals surface area (Å²) in [7, 11) is -1.66. The van der Waals surface area contributed by atoms with Gasteiger partial charge in [-0.2, -0.15) is 9.30 Å². The van der Waals surface area contributed by atoms with Crippen molar-refractivity contribution in [3.63, 3.8) is 0 Å². The van der Waals surface area contributed by atoms with E-state index in [1.165, 1.54) is 15.6 Å². The number of halogens is 1. The van der Waals surface area contributed by atoms with Gasteiger partial charge >= 0.3 is 0 Å². The van der Waals surface area contributed by atoms with Crippen molar-refractivity contribution in [1.82, 2.24) is 8.87 Å². The number of carbonyl (C=O) groups is 1. The van der Waals surface area contributed by atoms with Crippen LogP contribution in [0.25, 0.3) is 10.2 Å². The van der Waals surface area contributed by atoms with Gasteiger partial charge in [0, 0.05) is 31.1 Å². The Morgan fingerprint density at radius 3 is 2.39 bits per heavy atom. The van der Waals surface area contributed by atoms with E-state index in [2.05, 4.69) is 4.99 Å². The van der Waals surface area contributed by atoms with Crippen LogP contribution in [0.3, 0.4) is 0 Å². The summed E-state index contributed by atoms with van der Waals surface area (Å²) in [6, 6.07) is 10.6. The number of rotatable bonds is 3. The van der Waals surface area contributed by atoms with Gasteiger partial charge in [0.15, 0.2) is 4.80 Å². The highest BCUT2D eigenvalue weighted by Crippen LogP contribution is 2.27. The Kier molecular flexibility index (Phi) is 6.09. The molecule has 0 atom stereocenters. The zero-order chi connectivity index (χ0) is 22.3. The molecular formula is C22H24ClN3O3S2. The number of aryl methyl sites for hydroxylation is 3. The van der Waals surface area contributed by atoms with E-state index in [0.29, 0.717) is 40.7 Å². The second kappa shape index (κ2) is 8.50. The molecule has 0 radical (unpaired) electrons. The average molecular weight is 478 g/mol. The van der Waals surface area contributed by atoms with Crippen LogP contribution in [0.1, 0.15) is 24.0 Å². The number of carbonyl (C=O) groups excluding carboxylic acids is 1. The SMILES string of the molecule is Cc1ccc(S(=O)(=O)N2CCC(C(=O)N=c3sc4ccc(Cl)c(C)c4n3C)CC2)cc1. The Morgan fingerprint density at radius 1 is 1.10 bits per heavy atom. The van der Waals surface area contributed by atoms with Gasteiger partial charge in [-0.15, -0.1) is 0 Å². The van der Waals surface area contributed by atoms with Crippen molar-refractivity contribution in [2.24, 2.45) is 18.0 Å². The van der Waals surface area contributed by atoms with Crippen molar-refractivity contribution >= 4 is 49.1 Å². The number of thiazole rings is 1. The molecule has 1 aromatic heterocycles. The van der Waals surface area contributed by atoms with Gasteiger partial charge in [-0.05, 0) is 56.5 Å². The molecule has 0 unspecified atom stereocenters. The summed E-state index contributed by atoms with van der Waals surface area (Å²) in [5.74, 6) is -0.474. The second-order valence-corrected chi connectivity index (χ2v) is 11.3. The normalized spacial score (nSPS) is 16.8. The summed E-state index contributed by atoms with van der Waals surface area (Å²) in [5.41, 5.74) is 2.95. The van der Waals surface area contributed by atoms with Gasteiger partial charge in [0.1, 0.15) is 0 Å². The van der Waals surface area contributed by atoms with Gasteiger partial charge in [-0.25, -0.2) is 8.42 Å². The van der Waals surface area contributed by atoms with Crippen molar-refractivity contribution in [2.45, 2.75) is 31.6 Å². The van der Waals surface area contributed by atoms with Crippen LogP contribution in [0.2, 0.25) is 5.02 Å². The zero-order valence-electron chi connectivity index (χ0n) is 17.6. The number of piperidine rings is 1. The summed E-state index contributed by atoms with van der Waals surface area (Å²) in [5, 5.41) is 0.681. The first-order chi connectivity index (χ1) is 14.7. The molecule has 9 heteroatoms. The zero-order valence-corrected chi connectivity index (χ0v) is 20.0. The molecule has 3 aromatic rings. The van der Waals surface area contributed by atoms with Gasteiger partial charge in [-0.3, -0.25) is 4.79 Å². The Labute approximate surface area is 190 Å². The first-order valence-electron chi connectivity index (χ1n) is 10.1. The monoisotopic (exact) mass is 477 g/mol. The molecule has 2 heterocycles. The molecule has 0 N–H and O–H groups in total. The molecule has 4 rings (SSSR count). The maximum absolute atomic E-state index is 12.9. The fraction of sp³-hybridized carbons (Fsp3) is 0.364. The molecular weight excluding hydrogens is 454 g/mol. The van der Waals surface area contributed by atoms with Crippen molar-refractivity contribution in [1.29, 1.82) is 0 Å². The lowest BCUT2D eigenvalue weighted by Crippen LogP contribution is -2.40. The number of aromatic nitrogens is 1. The van der Waals surface area contributed by atoms with E-state index in [-0.39, 0.29) is 11.8 Å². The predicted molar refractivity (Wildman–Crippen MR) is 124 cm³/mol. The highest BCUT2D eigenvalue weighted by atomic mass is 35.5. The third-order valence-corrected chi connectivity index (χ3v) is 9.24. The molecule has 0 aliphatic carbocycles. The molecule has 0 saturated carbocycles. The van der Waals surface area contributed by atoms with E-state index < -0.39 is 10.0 Å². The van der Waals surface area contributed by atoms with Crippen molar-refractivity contribution in [3.05, 3.63) is 57.3 Å². The quantitative estimate of drug-likeness (QED) is 0.571. The average Bonchev–Trinajstić information content (AvgIpc) is 3.07. The van der Waals surface area contributed by atoms with Crippen LogP contribution in [0.5, 0.6) is 0 Å². The van der Waals surface area contributed by atoms with E-state index in [0.717, 1.165) is 21.3 Å². The van der Waals surface area contributed by atoms with Gasteiger partial charge in [0.25, 0.3) is 5.91 Å². The first kappa shape index (κ1) is 22.2. The summed E-state index contributed by atoms with van der Waals surface area (Å²) >= 11 is 7.69. The van der Waals surface area contributed by atoms with Crippen LogP contribution in [0.4, 0.5) is 0 Å². The number of hydrogen-bond acceptors (Lipinski definition) is 4. The van der Waals surface area contributed by atoms with E-state index in [1.807, 2.05) is 37.6 Å². The van der Waals surface area contributed by atoms with Crippen molar-refractivity contribution < 1.29 is 13.2 Å². The Balaban J connectivity index is 1.51. The lowest BCUT2D eigenvalue weighted by Gasteiger charge is -2.29. The Hall–Kier alpha value is -2.00. The molecule has 31 heavy (non-hydrogen) atoms.